The van der Waals surface area contributed by atoms with Gasteiger partial charge in [0.25, 0.3) is 0 Å². The van der Waals surface area contributed by atoms with Gasteiger partial charge in [-0.25, -0.2) is 4.98 Å². The molecule has 0 aliphatic carbocycles. The Morgan fingerprint density at radius 3 is 2.78 bits per heavy atom. The van der Waals surface area contributed by atoms with Gasteiger partial charge in [-0.05, 0) is 31.0 Å². The van der Waals surface area contributed by atoms with Gasteiger partial charge in [-0.15, -0.1) is 0 Å². The number of hydrogen-bond donors (Lipinski definition) is 1. The van der Waals surface area contributed by atoms with Gasteiger partial charge in [-0.1, -0.05) is 13.3 Å². The first kappa shape index (κ1) is 12.6. The zero-order valence-corrected chi connectivity index (χ0v) is 11.1. The minimum absolute atomic E-state index is 0.831. The summed E-state index contributed by atoms with van der Waals surface area (Å²) in [6, 6.07) is 4.07. The summed E-state index contributed by atoms with van der Waals surface area (Å²) in [6.07, 6.45) is 8.08. The van der Waals surface area contributed by atoms with E-state index in [9.17, 15) is 0 Å². The molecular formula is C14H20N4. The van der Waals surface area contributed by atoms with E-state index in [1.807, 2.05) is 31.5 Å². The van der Waals surface area contributed by atoms with Crippen molar-refractivity contribution >= 4 is 5.95 Å². The number of aromatic nitrogens is 3. The average Bonchev–Trinajstić information content (AvgIpc) is 2.71. The van der Waals surface area contributed by atoms with Gasteiger partial charge in [-0.2, -0.15) is 0 Å². The molecule has 0 bridgehead atoms. The number of hydrogen-bond acceptors (Lipinski definition) is 3. The van der Waals surface area contributed by atoms with Crippen LogP contribution in [0.5, 0.6) is 0 Å². The Bertz CT molecular complexity index is 476. The normalized spacial score (nSPS) is 10.6. The highest BCUT2D eigenvalue weighted by Crippen LogP contribution is 2.11. The van der Waals surface area contributed by atoms with Gasteiger partial charge >= 0.3 is 0 Å². The van der Waals surface area contributed by atoms with E-state index in [-0.39, 0.29) is 0 Å². The average molecular weight is 244 g/mol. The smallest absolute Gasteiger partial charge is 0.203 e. The molecule has 18 heavy (non-hydrogen) atoms. The topological polar surface area (TPSA) is 42.7 Å². The third-order valence-electron chi connectivity index (χ3n) is 2.81. The molecule has 0 saturated heterocycles. The maximum absolute atomic E-state index is 4.51. The van der Waals surface area contributed by atoms with E-state index in [0.29, 0.717) is 0 Å². The summed E-state index contributed by atoms with van der Waals surface area (Å²) < 4.78 is 2.15. The fraction of sp³-hybridized carbons (Fsp3) is 0.429. The van der Waals surface area contributed by atoms with Crippen molar-refractivity contribution in [3.8, 4) is 0 Å². The molecule has 0 saturated carbocycles. The van der Waals surface area contributed by atoms with Crippen LogP contribution in [-0.2, 0) is 6.54 Å². The summed E-state index contributed by atoms with van der Waals surface area (Å²) in [4.78, 5) is 8.55. The van der Waals surface area contributed by atoms with Gasteiger partial charge in [0.1, 0.15) is 0 Å². The highest BCUT2D eigenvalue weighted by molar-refractivity contribution is 5.30. The van der Waals surface area contributed by atoms with E-state index < -0.39 is 0 Å². The van der Waals surface area contributed by atoms with E-state index in [2.05, 4.69) is 33.0 Å². The van der Waals surface area contributed by atoms with Crippen LogP contribution in [0.15, 0.2) is 30.7 Å². The zero-order valence-electron chi connectivity index (χ0n) is 11.1. The Balaban J connectivity index is 2.07. The predicted octanol–water partition coefficient (Wildman–Crippen LogP) is 2.85. The number of imidazole rings is 1. The van der Waals surface area contributed by atoms with Crippen molar-refractivity contribution in [3.63, 3.8) is 0 Å². The van der Waals surface area contributed by atoms with Crippen LogP contribution in [0.25, 0.3) is 0 Å². The van der Waals surface area contributed by atoms with Gasteiger partial charge in [0.05, 0.1) is 12.2 Å². The number of nitrogens with zero attached hydrogens (tertiary/aromatic N) is 3. The number of unbranched alkanes of at least 4 members (excludes halogenated alkanes) is 1. The minimum atomic E-state index is 0.831. The Kier molecular flexibility index (Phi) is 4.34. The molecule has 0 aliphatic rings. The van der Waals surface area contributed by atoms with E-state index in [1.165, 1.54) is 18.4 Å². The lowest BCUT2D eigenvalue weighted by molar-refractivity contribution is 0.774. The molecule has 2 heterocycles. The first-order valence-corrected chi connectivity index (χ1v) is 6.46. The number of aryl methyl sites for hydroxylation is 1. The summed E-state index contributed by atoms with van der Waals surface area (Å²) in [7, 11) is 0. The molecule has 4 heteroatoms. The van der Waals surface area contributed by atoms with Crippen molar-refractivity contribution in [2.45, 2.75) is 33.2 Å². The first-order chi connectivity index (χ1) is 8.79. The van der Waals surface area contributed by atoms with Crippen LogP contribution in [0.2, 0.25) is 0 Å². The molecular weight excluding hydrogens is 224 g/mol. The molecule has 2 rings (SSSR count). The van der Waals surface area contributed by atoms with Crippen LogP contribution >= 0.6 is 0 Å². The first-order valence-electron chi connectivity index (χ1n) is 6.46. The van der Waals surface area contributed by atoms with Crippen LogP contribution < -0.4 is 5.32 Å². The van der Waals surface area contributed by atoms with Gasteiger partial charge in [0.2, 0.25) is 5.95 Å². The Hall–Kier alpha value is -1.84. The second-order valence-electron chi connectivity index (χ2n) is 4.47. The molecule has 0 spiro atoms. The molecule has 0 unspecified atom stereocenters. The standard InChI is InChI=1S/C14H20N4/c1-3-4-7-16-14-17-12(2)10-18(14)11-13-5-8-15-9-6-13/h5-6,8-10H,3-4,7,11H2,1-2H3,(H,16,17). The fourth-order valence-electron chi connectivity index (χ4n) is 1.87. The Morgan fingerprint density at radius 1 is 1.28 bits per heavy atom. The van der Waals surface area contributed by atoms with Crippen LogP contribution in [-0.4, -0.2) is 21.1 Å². The van der Waals surface area contributed by atoms with Crippen LogP contribution in [0.4, 0.5) is 5.95 Å². The molecule has 0 amide bonds. The maximum atomic E-state index is 4.51. The second kappa shape index (κ2) is 6.19. The summed E-state index contributed by atoms with van der Waals surface area (Å²) in [5.41, 5.74) is 2.28. The van der Waals surface area contributed by atoms with Gasteiger partial charge in [0.15, 0.2) is 0 Å². The second-order valence-corrected chi connectivity index (χ2v) is 4.47. The van der Waals surface area contributed by atoms with Gasteiger partial charge in [-0.3, -0.25) is 4.98 Å². The predicted molar refractivity (Wildman–Crippen MR) is 73.7 cm³/mol. The van der Waals surface area contributed by atoms with Crippen molar-refractivity contribution in [3.05, 3.63) is 42.0 Å². The van der Waals surface area contributed by atoms with E-state index in [4.69, 9.17) is 0 Å². The zero-order chi connectivity index (χ0) is 12.8. The molecule has 0 radical (unpaired) electrons. The van der Waals surface area contributed by atoms with Crippen molar-refractivity contribution < 1.29 is 0 Å². The van der Waals surface area contributed by atoms with Crippen molar-refractivity contribution in [2.75, 3.05) is 11.9 Å². The highest BCUT2D eigenvalue weighted by atomic mass is 15.2. The molecule has 0 fully saturated rings. The maximum Gasteiger partial charge on any atom is 0.203 e. The molecule has 2 aromatic heterocycles. The highest BCUT2D eigenvalue weighted by Gasteiger charge is 2.05. The fourth-order valence-corrected chi connectivity index (χ4v) is 1.87. The third-order valence-corrected chi connectivity index (χ3v) is 2.81. The van der Waals surface area contributed by atoms with Crippen molar-refractivity contribution in [2.24, 2.45) is 0 Å². The van der Waals surface area contributed by atoms with E-state index >= 15 is 0 Å². The third kappa shape index (κ3) is 3.32. The number of nitrogens with one attached hydrogen (secondary N) is 1. The Morgan fingerprint density at radius 2 is 2.06 bits per heavy atom. The molecule has 0 atom stereocenters. The van der Waals surface area contributed by atoms with Crippen LogP contribution in [0.1, 0.15) is 31.0 Å². The van der Waals surface area contributed by atoms with Crippen molar-refractivity contribution in [1.29, 1.82) is 0 Å². The summed E-state index contributed by atoms with van der Waals surface area (Å²) in [5.74, 6) is 0.956. The number of anilines is 1. The van der Waals surface area contributed by atoms with E-state index in [1.54, 1.807) is 0 Å². The van der Waals surface area contributed by atoms with Crippen molar-refractivity contribution in [1.82, 2.24) is 14.5 Å². The van der Waals surface area contributed by atoms with E-state index in [0.717, 1.165) is 24.7 Å². The number of rotatable bonds is 6. The molecule has 96 valence electrons. The van der Waals surface area contributed by atoms with Gasteiger partial charge in [0, 0.05) is 25.1 Å². The molecule has 0 aromatic carbocycles. The summed E-state index contributed by atoms with van der Waals surface area (Å²) in [6.45, 7) is 6.02. The number of pyridine rings is 1. The SMILES string of the molecule is CCCCNc1nc(C)cn1Cc1ccncc1. The molecule has 4 nitrogen and oxygen atoms in total. The summed E-state index contributed by atoms with van der Waals surface area (Å²) >= 11 is 0. The van der Waals surface area contributed by atoms with Gasteiger partial charge < -0.3 is 9.88 Å². The molecule has 1 N–H and O–H groups in total. The minimum Gasteiger partial charge on any atom is -0.356 e. The Labute approximate surface area is 108 Å². The lowest BCUT2D eigenvalue weighted by atomic mass is 10.3. The lowest BCUT2D eigenvalue weighted by Crippen LogP contribution is -2.09. The van der Waals surface area contributed by atoms with Crippen LogP contribution in [0.3, 0.4) is 0 Å². The monoisotopic (exact) mass is 244 g/mol. The molecule has 2 aromatic rings. The quantitative estimate of drug-likeness (QED) is 0.795. The largest absolute Gasteiger partial charge is 0.356 e. The summed E-state index contributed by atoms with van der Waals surface area (Å²) in [5, 5.41) is 3.39. The van der Waals surface area contributed by atoms with Crippen LogP contribution in [0, 0.1) is 6.92 Å². The molecule has 0 aliphatic heterocycles. The lowest BCUT2D eigenvalue weighted by Gasteiger charge is -2.09.